The number of likely N-dealkylation sites (tertiary alicyclic amines) is 1. The number of para-hydroxylation sites is 1. The van der Waals surface area contributed by atoms with Crippen LogP contribution in [0.5, 0.6) is 5.88 Å². The maximum Gasteiger partial charge on any atom is 0.256 e. The van der Waals surface area contributed by atoms with E-state index in [2.05, 4.69) is 15.3 Å². The summed E-state index contributed by atoms with van der Waals surface area (Å²) in [6.07, 6.45) is 6.92. The third-order valence-corrected chi connectivity index (χ3v) is 5.79. The number of hydrogen-bond acceptors (Lipinski definition) is 4. The second-order valence-electron chi connectivity index (χ2n) is 8.01. The molecule has 2 fully saturated rings. The van der Waals surface area contributed by atoms with Gasteiger partial charge in [0, 0.05) is 55.0 Å². The van der Waals surface area contributed by atoms with E-state index >= 15 is 0 Å². The minimum atomic E-state index is 0.0245. The van der Waals surface area contributed by atoms with Gasteiger partial charge in [-0.2, -0.15) is 0 Å². The Labute approximate surface area is 174 Å². The maximum absolute atomic E-state index is 12.9. The van der Waals surface area contributed by atoms with E-state index < -0.39 is 0 Å². The number of nitrogens with zero attached hydrogens (tertiary/aromatic N) is 2. The molecule has 2 aliphatic rings. The zero-order chi connectivity index (χ0) is 20.5. The average Bonchev–Trinajstić information content (AvgIpc) is 3.55. The van der Waals surface area contributed by atoms with Crippen LogP contribution in [-0.2, 0) is 4.79 Å². The normalized spacial score (nSPS) is 17.1. The lowest BCUT2D eigenvalue weighted by molar-refractivity contribution is -0.117. The summed E-state index contributed by atoms with van der Waals surface area (Å²) < 4.78 is 6.00. The van der Waals surface area contributed by atoms with Gasteiger partial charge in [0.05, 0.1) is 17.4 Å². The average molecular weight is 404 g/mol. The highest BCUT2D eigenvalue weighted by atomic mass is 16.5. The molecule has 2 aromatic heterocycles. The number of fused-ring (bicyclic) bond motifs is 1. The number of carbonyl (C=O) groups excluding carboxylic acids is 2. The quantitative estimate of drug-likeness (QED) is 0.680. The summed E-state index contributed by atoms with van der Waals surface area (Å²) in [5.74, 6) is 0.830. The molecule has 0 radical (unpaired) electrons. The molecule has 0 atom stereocenters. The molecule has 7 nitrogen and oxygen atoms in total. The van der Waals surface area contributed by atoms with Crippen LogP contribution >= 0.6 is 0 Å². The minimum Gasteiger partial charge on any atom is -0.474 e. The number of ether oxygens (including phenoxy) is 1. The van der Waals surface area contributed by atoms with Gasteiger partial charge in [0.2, 0.25) is 11.8 Å². The van der Waals surface area contributed by atoms with Crippen molar-refractivity contribution in [3.63, 3.8) is 0 Å². The number of aromatic nitrogens is 2. The molecule has 5 rings (SSSR count). The van der Waals surface area contributed by atoms with Gasteiger partial charge in [-0.15, -0.1) is 0 Å². The Morgan fingerprint density at radius 1 is 1.07 bits per heavy atom. The molecule has 3 heterocycles. The van der Waals surface area contributed by atoms with Gasteiger partial charge in [-0.25, -0.2) is 4.98 Å². The monoisotopic (exact) mass is 404 g/mol. The van der Waals surface area contributed by atoms with Crippen molar-refractivity contribution < 1.29 is 14.3 Å². The number of pyridine rings is 1. The number of carbonyl (C=O) groups is 2. The van der Waals surface area contributed by atoms with Crippen LogP contribution in [0.1, 0.15) is 36.0 Å². The molecular formula is C23H24N4O3. The molecule has 0 spiro atoms. The Morgan fingerprint density at radius 3 is 2.60 bits per heavy atom. The topological polar surface area (TPSA) is 87.3 Å². The molecule has 1 aliphatic heterocycles. The molecule has 3 aromatic rings. The number of hydrogen-bond donors (Lipinski definition) is 2. The van der Waals surface area contributed by atoms with Crippen molar-refractivity contribution in [1.29, 1.82) is 0 Å². The van der Waals surface area contributed by atoms with Crippen molar-refractivity contribution in [1.82, 2.24) is 14.9 Å². The van der Waals surface area contributed by atoms with Crippen molar-refractivity contribution >= 4 is 28.4 Å². The lowest BCUT2D eigenvalue weighted by Crippen LogP contribution is -2.41. The van der Waals surface area contributed by atoms with Crippen LogP contribution in [-0.4, -0.2) is 45.9 Å². The van der Waals surface area contributed by atoms with Gasteiger partial charge in [-0.05, 0) is 25.0 Å². The van der Waals surface area contributed by atoms with Gasteiger partial charge in [0.25, 0.3) is 5.91 Å². The molecule has 0 unspecified atom stereocenters. The molecule has 2 N–H and O–H groups in total. The Morgan fingerprint density at radius 2 is 1.87 bits per heavy atom. The van der Waals surface area contributed by atoms with E-state index in [0.717, 1.165) is 42.1 Å². The van der Waals surface area contributed by atoms with Gasteiger partial charge >= 0.3 is 0 Å². The van der Waals surface area contributed by atoms with E-state index in [-0.39, 0.29) is 23.8 Å². The molecule has 1 saturated heterocycles. The third kappa shape index (κ3) is 3.87. The van der Waals surface area contributed by atoms with Crippen molar-refractivity contribution in [2.75, 3.05) is 18.4 Å². The van der Waals surface area contributed by atoms with E-state index in [1.807, 2.05) is 35.2 Å². The largest absolute Gasteiger partial charge is 0.474 e. The van der Waals surface area contributed by atoms with Crippen LogP contribution in [0.15, 0.2) is 48.8 Å². The van der Waals surface area contributed by atoms with Crippen molar-refractivity contribution in [3.8, 4) is 5.88 Å². The molecule has 154 valence electrons. The van der Waals surface area contributed by atoms with Crippen LogP contribution in [0.25, 0.3) is 10.9 Å². The van der Waals surface area contributed by atoms with E-state index in [1.54, 1.807) is 18.5 Å². The zero-order valence-corrected chi connectivity index (χ0v) is 16.6. The first-order valence-corrected chi connectivity index (χ1v) is 10.5. The number of benzene rings is 1. The van der Waals surface area contributed by atoms with Gasteiger partial charge in [0.15, 0.2) is 0 Å². The second kappa shape index (κ2) is 7.82. The highest BCUT2D eigenvalue weighted by Crippen LogP contribution is 2.30. The first-order valence-electron chi connectivity index (χ1n) is 10.5. The smallest absolute Gasteiger partial charge is 0.256 e. The van der Waals surface area contributed by atoms with E-state index in [4.69, 9.17) is 4.74 Å². The molecule has 1 aliphatic carbocycles. The zero-order valence-electron chi connectivity index (χ0n) is 16.6. The second-order valence-corrected chi connectivity index (χ2v) is 8.01. The lowest BCUT2D eigenvalue weighted by atomic mass is 10.1. The fourth-order valence-electron chi connectivity index (χ4n) is 3.88. The summed E-state index contributed by atoms with van der Waals surface area (Å²) in [6.45, 7) is 1.30. The Kier molecular flexibility index (Phi) is 4.86. The molecular weight excluding hydrogens is 380 g/mol. The summed E-state index contributed by atoms with van der Waals surface area (Å²) in [5, 5.41) is 3.83. The predicted molar refractivity (Wildman–Crippen MR) is 113 cm³/mol. The number of rotatable bonds is 5. The number of amides is 2. The predicted octanol–water partition coefficient (Wildman–Crippen LogP) is 3.60. The van der Waals surface area contributed by atoms with Crippen LogP contribution in [0.4, 0.5) is 5.69 Å². The summed E-state index contributed by atoms with van der Waals surface area (Å²) in [4.78, 5) is 34.1. The molecule has 1 saturated carbocycles. The SMILES string of the molecule is O=C(Nc1ccc(OC2CCN(C(=O)c3c[nH]c4ccccc34)CC2)nc1)C1CC1. The van der Waals surface area contributed by atoms with Crippen LogP contribution < -0.4 is 10.1 Å². The molecule has 30 heavy (non-hydrogen) atoms. The third-order valence-electron chi connectivity index (χ3n) is 5.79. The van der Waals surface area contributed by atoms with Gasteiger partial charge in [0.1, 0.15) is 6.10 Å². The summed E-state index contributed by atoms with van der Waals surface area (Å²) >= 11 is 0. The van der Waals surface area contributed by atoms with Crippen LogP contribution in [0.3, 0.4) is 0 Å². The highest BCUT2D eigenvalue weighted by molar-refractivity contribution is 6.06. The van der Waals surface area contributed by atoms with E-state index in [1.165, 1.54) is 0 Å². The van der Waals surface area contributed by atoms with Gasteiger partial charge in [-0.1, -0.05) is 18.2 Å². The minimum absolute atomic E-state index is 0.0245. The van der Waals surface area contributed by atoms with Crippen LogP contribution in [0.2, 0.25) is 0 Å². The number of H-pyrrole nitrogens is 1. The molecule has 0 bridgehead atoms. The summed E-state index contributed by atoms with van der Waals surface area (Å²) in [5.41, 5.74) is 2.38. The molecule has 2 amide bonds. The van der Waals surface area contributed by atoms with Crippen LogP contribution in [0, 0.1) is 5.92 Å². The number of aromatic amines is 1. The first kappa shape index (κ1) is 18.7. The number of nitrogens with one attached hydrogen (secondary N) is 2. The first-order chi connectivity index (χ1) is 14.7. The fourth-order valence-corrected chi connectivity index (χ4v) is 3.88. The lowest BCUT2D eigenvalue weighted by Gasteiger charge is -2.31. The van der Waals surface area contributed by atoms with Gasteiger partial charge in [-0.3, -0.25) is 9.59 Å². The summed E-state index contributed by atoms with van der Waals surface area (Å²) in [6, 6.07) is 11.4. The van der Waals surface area contributed by atoms with Crippen molar-refractivity contribution in [3.05, 3.63) is 54.4 Å². The van der Waals surface area contributed by atoms with E-state index in [9.17, 15) is 9.59 Å². The Bertz CT molecular complexity index is 1060. The Balaban J connectivity index is 1.15. The standard InChI is InChI=1S/C23H24N4O3/c28-22(15-5-6-15)26-16-7-8-21(25-13-16)30-17-9-11-27(12-10-17)23(29)19-14-24-20-4-2-1-3-18(19)20/h1-4,7-8,13-15,17,24H,5-6,9-12H2,(H,26,28). The van der Waals surface area contributed by atoms with E-state index in [0.29, 0.717) is 24.7 Å². The Hall–Kier alpha value is -3.35. The number of piperidine rings is 1. The highest BCUT2D eigenvalue weighted by Gasteiger charge is 2.30. The summed E-state index contributed by atoms with van der Waals surface area (Å²) in [7, 11) is 0. The van der Waals surface area contributed by atoms with Crippen molar-refractivity contribution in [2.24, 2.45) is 5.92 Å². The molecule has 1 aromatic carbocycles. The number of anilines is 1. The fraction of sp³-hybridized carbons (Fsp3) is 0.348. The maximum atomic E-state index is 12.9. The molecule has 7 heteroatoms. The van der Waals surface area contributed by atoms with Crippen molar-refractivity contribution in [2.45, 2.75) is 31.8 Å². The van der Waals surface area contributed by atoms with Gasteiger partial charge < -0.3 is 19.9 Å².